The number of fused-ring (bicyclic) bond motifs is 1. The van der Waals surface area contributed by atoms with Crippen LogP contribution in [-0.4, -0.2) is 23.5 Å². The van der Waals surface area contributed by atoms with Gasteiger partial charge in [-0.1, -0.05) is 19.9 Å². The number of nitrogens with zero attached hydrogens (tertiary/aromatic N) is 5. The minimum absolute atomic E-state index is 0.286. The van der Waals surface area contributed by atoms with Gasteiger partial charge in [0.1, 0.15) is 5.65 Å². The highest BCUT2D eigenvalue weighted by molar-refractivity contribution is 5.57. The Hall–Kier alpha value is -2.69. The van der Waals surface area contributed by atoms with E-state index in [0.29, 0.717) is 0 Å². The third kappa shape index (κ3) is 3.02. The van der Waals surface area contributed by atoms with Gasteiger partial charge in [0.25, 0.3) is 0 Å². The van der Waals surface area contributed by atoms with Gasteiger partial charge >= 0.3 is 0 Å². The second-order valence-electron chi connectivity index (χ2n) is 6.47. The molecule has 0 aliphatic heterocycles. The zero-order valence-corrected chi connectivity index (χ0v) is 14.9. The van der Waals surface area contributed by atoms with Crippen molar-refractivity contribution in [2.24, 2.45) is 10.2 Å². The Labute approximate surface area is 142 Å². The molecule has 1 aromatic carbocycles. The van der Waals surface area contributed by atoms with Gasteiger partial charge in [-0.05, 0) is 48.7 Å². The average Bonchev–Trinajstić information content (AvgIpc) is 2.93. The average molecular weight is 321 g/mol. The van der Waals surface area contributed by atoms with Crippen molar-refractivity contribution in [1.82, 2.24) is 9.38 Å². The van der Waals surface area contributed by atoms with Gasteiger partial charge in [-0.3, -0.25) is 4.40 Å². The summed E-state index contributed by atoms with van der Waals surface area (Å²) >= 11 is 0. The summed E-state index contributed by atoms with van der Waals surface area (Å²) in [6.45, 7) is 6.32. The maximum absolute atomic E-state index is 4.76. The van der Waals surface area contributed by atoms with Crippen molar-refractivity contribution in [3.8, 4) is 0 Å². The summed E-state index contributed by atoms with van der Waals surface area (Å²) < 4.78 is 2.02. The van der Waals surface area contributed by atoms with E-state index in [1.54, 1.807) is 0 Å². The van der Waals surface area contributed by atoms with Crippen molar-refractivity contribution in [3.05, 3.63) is 53.9 Å². The first-order valence-electron chi connectivity index (χ1n) is 8.14. The first kappa shape index (κ1) is 16.2. The van der Waals surface area contributed by atoms with Gasteiger partial charge in [-0.2, -0.15) is 0 Å². The summed E-state index contributed by atoms with van der Waals surface area (Å²) in [7, 11) is 4.04. The van der Waals surface area contributed by atoms with Crippen LogP contribution in [0.4, 0.5) is 17.2 Å². The molecule has 0 spiro atoms. The third-order valence-electron chi connectivity index (χ3n) is 4.02. The van der Waals surface area contributed by atoms with Crippen LogP contribution in [0.1, 0.15) is 31.0 Å². The van der Waals surface area contributed by atoms with E-state index in [9.17, 15) is 0 Å². The van der Waals surface area contributed by atoms with Crippen LogP contribution in [0.25, 0.3) is 5.65 Å². The van der Waals surface area contributed by atoms with Crippen molar-refractivity contribution < 1.29 is 0 Å². The van der Waals surface area contributed by atoms with Gasteiger partial charge in [0.05, 0.1) is 11.4 Å². The van der Waals surface area contributed by atoms with Gasteiger partial charge < -0.3 is 4.90 Å². The molecule has 0 aliphatic carbocycles. The van der Waals surface area contributed by atoms with E-state index in [4.69, 9.17) is 4.98 Å². The largest absolute Gasteiger partial charge is 0.378 e. The van der Waals surface area contributed by atoms with Gasteiger partial charge in [0, 0.05) is 26.0 Å². The standard InChI is InChI=1S/C19H23N5/c1-13(2)17-19(24-12-6-7-14(3)18(24)20-17)22-21-15-8-10-16(11-9-15)23(4)5/h6-13H,1-5H3. The van der Waals surface area contributed by atoms with E-state index in [-0.39, 0.29) is 5.92 Å². The van der Waals surface area contributed by atoms with E-state index >= 15 is 0 Å². The van der Waals surface area contributed by atoms with E-state index < -0.39 is 0 Å². The van der Waals surface area contributed by atoms with Crippen LogP contribution in [0.3, 0.4) is 0 Å². The zero-order valence-electron chi connectivity index (χ0n) is 14.9. The molecule has 5 nitrogen and oxygen atoms in total. The predicted molar refractivity (Wildman–Crippen MR) is 99.0 cm³/mol. The van der Waals surface area contributed by atoms with Crippen LogP contribution in [-0.2, 0) is 0 Å². The summed E-state index contributed by atoms with van der Waals surface area (Å²) in [5.74, 6) is 1.09. The smallest absolute Gasteiger partial charge is 0.183 e. The molecule has 3 aromatic rings. The molecule has 0 unspecified atom stereocenters. The zero-order chi connectivity index (χ0) is 17.3. The molecule has 0 N–H and O–H groups in total. The lowest BCUT2D eigenvalue weighted by Gasteiger charge is -2.11. The van der Waals surface area contributed by atoms with Gasteiger partial charge in [0.15, 0.2) is 5.82 Å². The Morgan fingerprint density at radius 3 is 2.38 bits per heavy atom. The SMILES string of the molecule is Cc1cccn2c(N=Nc3ccc(N(C)C)cc3)c(C(C)C)nc12. The maximum atomic E-state index is 4.76. The molecule has 2 heterocycles. The first-order chi connectivity index (χ1) is 11.5. The number of pyridine rings is 1. The summed E-state index contributed by atoms with van der Waals surface area (Å²) in [5, 5.41) is 8.93. The number of imidazole rings is 1. The molecule has 0 amide bonds. The Morgan fingerprint density at radius 1 is 1.04 bits per heavy atom. The highest BCUT2D eigenvalue weighted by atomic mass is 15.2. The lowest BCUT2D eigenvalue weighted by molar-refractivity contribution is 0.831. The first-order valence-corrected chi connectivity index (χ1v) is 8.14. The monoisotopic (exact) mass is 321 g/mol. The van der Waals surface area contributed by atoms with Crippen LogP contribution in [0.2, 0.25) is 0 Å². The molecule has 24 heavy (non-hydrogen) atoms. The van der Waals surface area contributed by atoms with E-state index in [1.165, 1.54) is 0 Å². The van der Waals surface area contributed by atoms with Crippen molar-refractivity contribution in [2.75, 3.05) is 19.0 Å². The van der Waals surface area contributed by atoms with Crippen molar-refractivity contribution >= 4 is 22.8 Å². The molecule has 5 heteroatoms. The Balaban J connectivity index is 2.02. The molecule has 0 saturated heterocycles. The van der Waals surface area contributed by atoms with Crippen LogP contribution in [0, 0.1) is 6.92 Å². The van der Waals surface area contributed by atoms with E-state index in [0.717, 1.165) is 34.1 Å². The second-order valence-corrected chi connectivity index (χ2v) is 6.47. The fraction of sp³-hybridized carbons (Fsp3) is 0.316. The van der Waals surface area contributed by atoms with Gasteiger partial charge in [0.2, 0.25) is 0 Å². The molecule has 0 radical (unpaired) electrons. The summed E-state index contributed by atoms with van der Waals surface area (Å²) in [6.07, 6.45) is 1.99. The molecule has 0 fully saturated rings. The second kappa shape index (κ2) is 6.43. The molecule has 0 bridgehead atoms. The number of anilines is 1. The third-order valence-corrected chi connectivity index (χ3v) is 4.02. The molecule has 124 valence electrons. The summed E-state index contributed by atoms with van der Waals surface area (Å²) in [5.41, 5.74) is 5.02. The molecule has 2 aromatic heterocycles. The van der Waals surface area contributed by atoms with Crippen LogP contribution in [0.15, 0.2) is 52.8 Å². The Bertz CT molecular complexity index is 873. The van der Waals surface area contributed by atoms with E-state index in [2.05, 4.69) is 42.0 Å². The predicted octanol–water partition coefficient (Wildman–Crippen LogP) is 5.25. The number of rotatable bonds is 4. The fourth-order valence-corrected chi connectivity index (χ4v) is 2.62. The minimum atomic E-state index is 0.286. The summed E-state index contributed by atoms with van der Waals surface area (Å²) in [6, 6.07) is 12.1. The van der Waals surface area contributed by atoms with Gasteiger partial charge in [-0.25, -0.2) is 4.98 Å². The molecule has 0 atom stereocenters. The fourth-order valence-electron chi connectivity index (χ4n) is 2.62. The number of aryl methyl sites for hydroxylation is 1. The molecule has 0 saturated carbocycles. The topological polar surface area (TPSA) is 45.3 Å². The number of hydrogen-bond acceptors (Lipinski definition) is 4. The van der Waals surface area contributed by atoms with Crippen LogP contribution in [0.5, 0.6) is 0 Å². The van der Waals surface area contributed by atoms with Crippen LogP contribution < -0.4 is 4.90 Å². The van der Waals surface area contributed by atoms with Crippen LogP contribution >= 0.6 is 0 Å². The maximum Gasteiger partial charge on any atom is 0.183 e. The number of hydrogen-bond donors (Lipinski definition) is 0. The number of benzene rings is 1. The van der Waals surface area contributed by atoms with Gasteiger partial charge in [-0.15, -0.1) is 10.2 Å². The molecular weight excluding hydrogens is 298 g/mol. The number of azo groups is 1. The Kier molecular flexibility index (Phi) is 4.34. The normalized spacial score (nSPS) is 11.8. The van der Waals surface area contributed by atoms with Crippen molar-refractivity contribution in [3.63, 3.8) is 0 Å². The molecule has 3 rings (SSSR count). The van der Waals surface area contributed by atoms with E-state index in [1.807, 2.05) is 55.0 Å². The highest BCUT2D eigenvalue weighted by Gasteiger charge is 2.15. The number of aromatic nitrogens is 2. The highest BCUT2D eigenvalue weighted by Crippen LogP contribution is 2.30. The lowest BCUT2D eigenvalue weighted by Crippen LogP contribution is -2.07. The molecular formula is C19H23N5. The van der Waals surface area contributed by atoms with Crippen molar-refractivity contribution in [2.45, 2.75) is 26.7 Å². The summed E-state index contributed by atoms with van der Waals surface area (Å²) in [4.78, 5) is 6.82. The van der Waals surface area contributed by atoms with Crippen molar-refractivity contribution in [1.29, 1.82) is 0 Å². The lowest BCUT2D eigenvalue weighted by atomic mass is 10.1. The minimum Gasteiger partial charge on any atom is -0.378 e. The quantitative estimate of drug-likeness (QED) is 0.616. The Morgan fingerprint density at radius 2 is 1.75 bits per heavy atom. The molecule has 0 aliphatic rings.